The van der Waals surface area contributed by atoms with Crippen molar-refractivity contribution in [1.29, 1.82) is 0 Å². The molecule has 0 aromatic carbocycles. The first kappa shape index (κ1) is 31.9. The molecule has 0 aliphatic carbocycles. The molecule has 1 unspecified atom stereocenters. The van der Waals surface area contributed by atoms with Gasteiger partial charge >= 0.3 is 5.97 Å². The monoisotopic (exact) mass is 471 g/mol. The summed E-state index contributed by atoms with van der Waals surface area (Å²) in [6.07, 6.45) is 17.8. The third-order valence-corrected chi connectivity index (χ3v) is 6.23. The lowest BCUT2D eigenvalue weighted by atomic mass is 9.94. The van der Waals surface area contributed by atoms with E-state index in [0.29, 0.717) is 26.2 Å². The molecule has 0 saturated heterocycles. The number of unbranched alkanes of at least 4 members (excludes halogenated alkanes) is 10. The van der Waals surface area contributed by atoms with Crippen LogP contribution in [0.3, 0.4) is 0 Å². The molecule has 0 fully saturated rings. The second kappa shape index (κ2) is 25.5. The summed E-state index contributed by atoms with van der Waals surface area (Å²) in [6, 6.07) is 0. The van der Waals surface area contributed by atoms with Crippen LogP contribution in [0.5, 0.6) is 0 Å². The Morgan fingerprint density at radius 3 is 1.88 bits per heavy atom. The highest BCUT2D eigenvalue weighted by atomic mass is 16.5. The molecule has 33 heavy (non-hydrogen) atoms. The van der Waals surface area contributed by atoms with Gasteiger partial charge < -0.3 is 19.5 Å². The summed E-state index contributed by atoms with van der Waals surface area (Å²) >= 11 is 0. The largest absolute Gasteiger partial charge is 0.468 e. The van der Waals surface area contributed by atoms with Gasteiger partial charge in [0.1, 0.15) is 0 Å². The number of nitrogens with zero attached hydrogens (tertiary/aromatic N) is 1. The van der Waals surface area contributed by atoms with Gasteiger partial charge in [-0.15, -0.1) is 0 Å². The molecule has 6 heteroatoms. The molecule has 0 bridgehead atoms. The molecule has 0 rings (SSSR count). The Labute approximate surface area is 203 Å². The SMILES string of the molecule is CCCCCCCCC(CCCCCC)C(=O)OCCCCN(CCO)CCCCOC=O. The Bertz CT molecular complexity index is 433. The first-order chi connectivity index (χ1) is 16.2. The van der Waals surface area contributed by atoms with Gasteiger partial charge in [0.05, 0.1) is 25.7 Å². The molecule has 1 atom stereocenters. The van der Waals surface area contributed by atoms with Crippen molar-refractivity contribution in [3.8, 4) is 0 Å². The van der Waals surface area contributed by atoms with Crippen molar-refractivity contribution in [2.75, 3.05) is 39.5 Å². The van der Waals surface area contributed by atoms with Gasteiger partial charge in [-0.25, -0.2) is 0 Å². The molecule has 0 spiro atoms. The van der Waals surface area contributed by atoms with Crippen LogP contribution >= 0.6 is 0 Å². The number of aliphatic hydroxyl groups excluding tert-OH is 1. The molecule has 0 aromatic heterocycles. The Morgan fingerprint density at radius 1 is 0.758 bits per heavy atom. The van der Waals surface area contributed by atoms with Crippen molar-refractivity contribution in [2.24, 2.45) is 5.92 Å². The van der Waals surface area contributed by atoms with E-state index in [1.54, 1.807) is 0 Å². The van der Waals surface area contributed by atoms with Gasteiger partial charge in [-0.05, 0) is 51.6 Å². The summed E-state index contributed by atoms with van der Waals surface area (Å²) in [5, 5.41) is 9.27. The van der Waals surface area contributed by atoms with Gasteiger partial charge in [-0.3, -0.25) is 9.59 Å². The van der Waals surface area contributed by atoms with Crippen LogP contribution in [0, 0.1) is 5.92 Å². The zero-order chi connectivity index (χ0) is 24.4. The second-order valence-corrected chi connectivity index (χ2v) is 9.22. The number of aliphatic hydroxyl groups is 1. The fraction of sp³-hybridized carbons (Fsp3) is 0.926. The van der Waals surface area contributed by atoms with Crippen LogP contribution in [0.4, 0.5) is 0 Å². The van der Waals surface area contributed by atoms with Crippen molar-refractivity contribution in [1.82, 2.24) is 4.90 Å². The average molecular weight is 472 g/mol. The van der Waals surface area contributed by atoms with E-state index >= 15 is 0 Å². The molecule has 0 aliphatic heterocycles. The number of hydrogen-bond donors (Lipinski definition) is 1. The standard InChI is InChI=1S/C27H53NO5/c1-3-5-7-9-10-12-18-26(17-11-8-6-4-2)27(31)33-24-16-14-20-28(21-22-29)19-13-15-23-32-25-30/h25-26,29H,3-24H2,1-2H3. The lowest BCUT2D eigenvalue weighted by molar-refractivity contribution is -0.149. The van der Waals surface area contributed by atoms with E-state index in [4.69, 9.17) is 9.47 Å². The normalized spacial score (nSPS) is 12.1. The highest BCUT2D eigenvalue weighted by Gasteiger charge is 2.19. The average Bonchev–Trinajstić information content (AvgIpc) is 2.82. The Balaban J connectivity index is 4.15. The number of ether oxygens (including phenoxy) is 2. The van der Waals surface area contributed by atoms with E-state index in [2.05, 4.69) is 18.7 Å². The van der Waals surface area contributed by atoms with Crippen LogP contribution in [0.25, 0.3) is 0 Å². The summed E-state index contributed by atoms with van der Waals surface area (Å²) < 4.78 is 10.4. The molecular formula is C27H53NO5. The van der Waals surface area contributed by atoms with E-state index in [0.717, 1.165) is 64.5 Å². The van der Waals surface area contributed by atoms with Crippen molar-refractivity contribution >= 4 is 12.4 Å². The van der Waals surface area contributed by atoms with E-state index in [9.17, 15) is 14.7 Å². The third kappa shape index (κ3) is 21.2. The third-order valence-electron chi connectivity index (χ3n) is 6.23. The minimum Gasteiger partial charge on any atom is -0.468 e. The molecule has 0 amide bonds. The van der Waals surface area contributed by atoms with Crippen LogP contribution in [0.15, 0.2) is 0 Å². The van der Waals surface area contributed by atoms with Crippen LogP contribution in [-0.4, -0.2) is 61.9 Å². The Kier molecular flexibility index (Phi) is 24.6. The lowest BCUT2D eigenvalue weighted by Crippen LogP contribution is -2.29. The summed E-state index contributed by atoms with van der Waals surface area (Å²) in [6.45, 7) is 8.41. The van der Waals surface area contributed by atoms with Gasteiger partial charge in [0.2, 0.25) is 0 Å². The highest BCUT2D eigenvalue weighted by Crippen LogP contribution is 2.20. The maximum atomic E-state index is 12.7. The maximum Gasteiger partial charge on any atom is 0.308 e. The molecule has 1 N–H and O–H groups in total. The van der Waals surface area contributed by atoms with Crippen LogP contribution in [0.2, 0.25) is 0 Å². The molecule has 0 saturated carbocycles. The number of carbonyl (C=O) groups excluding carboxylic acids is 2. The number of hydrogen-bond acceptors (Lipinski definition) is 6. The molecule has 0 radical (unpaired) electrons. The summed E-state index contributed by atoms with van der Waals surface area (Å²) in [4.78, 5) is 25.1. The van der Waals surface area contributed by atoms with Gasteiger partial charge in [0, 0.05) is 6.54 Å². The smallest absolute Gasteiger partial charge is 0.308 e. The second-order valence-electron chi connectivity index (χ2n) is 9.22. The van der Waals surface area contributed by atoms with Crippen molar-refractivity contribution in [2.45, 2.75) is 117 Å². The molecule has 0 aliphatic rings. The van der Waals surface area contributed by atoms with E-state index in [1.165, 1.54) is 51.4 Å². The predicted molar refractivity (Wildman–Crippen MR) is 135 cm³/mol. The Hall–Kier alpha value is -1.14. The lowest BCUT2D eigenvalue weighted by Gasteiger charge is -2.21. The van der Waals surface area contributed by atoms with Gasteiger partial charge in [0.25, 0.3) is 6.47 Å². The first-order valence-corrected chi connectivity index (χ1v) is 13.7. The van der Waals surface area contributed by atoms with Crippen molar-refractivity contribution in [3.63, 3.8) is 0 Å². The van der Waals surface area contributed by atoms with Gasteiger partial charge in [-0.2, -0.15) is 0 Å². The quantitative estimate of drug-likeness (QED) is 0.0962. The number of rotatable bonds is 26. The van der Waals surface area contributed by atoms with Gasteiger partial charge in [0.15, 0.2) is 0 Å². The summed E-state index contributed by atoms with van der Waals surface area (Å²) in [5.74, 6) is 0.0648. The fourth-order valence-corrected chi connectivity index (χ4v) is 4.14. The molecule has 196 valence electrons. The first-order valence-electron chi connectivity index (χ1n) is 13.7. The molecule has 6 nitrogen and oxygen atoms in total. The number of carbonyl (C=O) groups is 2. The van der Waals surface area contributed by atoms with E-state index < -0.39 is 0 Å². The summed E-state index contributed by atoms with van der Waals surface area (Å²) in [5.41, 5.74) is 0. The topological polar surface area (TPSA) is 76.1 Å². The maximum absolute atomic E-state index is 12.7. The van der Waals surface area contributed by atoms with Crippen LogP contribution < -0.4 is 0 Å². The highest BCUT2D eigenvalue weighted by molar-refractivity contribution is 5.72. The van der Waals surface area contributed by atoms with E-state index in [-0.39, 0.29) is 18.5 Å². The van der Waals surface area contributed by atoms with E-state index in [1.807, 2.05) is 0 Å². The Morgan fingerprint density at radius 2 is 1.30 bits per heavy atom. The molecule has 0 aromatic rings. The molecule has 0 heterocycles. The van der Waals surface area contributed by atoms with Crippen molar-refractivity contribution < 1.29 is 24.2 Å². The zero-order valence-corrected chi connectivity index (χ0v) is 21.7. The fourth-order valence-electron chi connectivity index (χ4n) is 4.14. The predicted octanol–water partition coefficient (Wildman–Crippen LogP) is 5.89. The zero-order valence-electron chi connectivity index (χ0n) is 21.7. The van der Waals surface area contributed by atoms with Crippen LogP contribution in [0.1, 0.15) is 117 Å². The minimum atomic E-state index is 0.00227. The minimum absolute atomic E-state index is 0.00227. The molecular weight excluding hydrogens is 418 g/mol. The number of esters is 1. The van der Waals surface area contributed by atoms with Crippen molar-refractivity contribution in [3.05, 3.63) is 0 Å². The van der Waals surface area contributed by atoms with Crippen LogP contribution in [-0.2, 0) is 19.1 Å². The van der Waals surface area contributed by atoms with Gasteiger partial charge in [-0.1, -0.05) is 78.1 Å². The summed E-state index contributed by atoms with van der Waals surface area (Å²) in [7, 11) is 0.